The molecular weight excluding hydrogens is 422 g/mol. The third-order valence-corrected chi connectivity index (χ3v) is 7.54. The topological polar surface area (TPSA) is 68.0 Å². The van der Waals surface area contributed by atoms with Gasteiger partial charge in [0.1, 0.15) is 17.4 Å². The van der Waals surface area contributed by atoms with E-state index in [0.717, 1.165) is 47.5 Å². The highest BCUT2D eigenvalue weighted by atomic mass is 16.3. The first-order valence-corrected chi connectivity index (χ1v) is 13.2. The van der Waals surface area contributed by atoms with Gasteiger partial charge in [0.25, 0.3) is 0 Å². The Bertz CT molecular complexity index is 1010. The molecule has 0 bridgehead atoms. The van der Waals surface area contributed by atoms with Crippen LogP contribution in [0, 0.1) is 25.7 Å². The number of rotatable bonds is 11. The van der Waals surface area contributed by atoms with Crippen molar-refractivity contribution < 1.29 is 9.90 Å². The van der Waals surface area contributed by atoms with E-state index in [2.05, 4.69) is 55.6 Å². The normalized spacial score (nSPS) is 21.5. The molecule has 0 spiro atoms. The molecule has 2 saturated carbocycles. The first-order chi connectivity index (χ1) is 16.0. The van der Waals surface area contributed by atoms with E-state index >= 15 is 0 Å². The molecule has 0 saturated heterocycles. The standard InChI is InChI=1S/C29H43N3O2/c1-18(2)11-21-13-23(14-21)27-30-31-28(32(27)25-9-10-25)24(17-29(5,6)34)16-26(33)15-22-8-7-19(3)12-20(22)4/h7-8,12,18,21,23-25,34H,9-11,13-17H2,1-6H3/t21?,23?,24-/m1/s1. The van der Waals surface area contributed by atoms with Crippen LogP contribution in [-0.4, -0.2) is 31.3 Å². The second-order valence-corrected chi connectivity index (χ2v) is 12.2. The summed E-state index contributed by atoms with van der Waals surface area (Å²) in [4.78, 5) is 13.2. The van der Waals surface area contributed by atoms with E-state index in [1.807, 2.05) is 13.8 Å². The fraction of sp³-hybridized carbons (Fsp3) is 0.690. The molecule has 0 amide bonds. The number of carbonyl (C=O) groups is 1. The maximum atomic E-state index is 13.2. The van der Waals surface area contributed by atoms with Crippen molar-refractivity contribution in [2.45, 2.75) is 116 Å². The summed E-state index contributed by atoms with van der Waals surface area (Å²) in [6.45, 7) is 12.4. The molecule has 2 aliphatic carbocycles. The van der Waals surface area contributed by atoms with Gasteiger partial charge in [-0.2, -0.15) is 0 Å². The number of carbonyl (C=O) groups excluding carboxylic acids is 1. The van der Waals surface area contributed by atoms with E-state index in [1.165, 1.54) is 24.8 Å². The average Bonchev–Trinajstić information content (AvgIpc) is 3.43. The van der Waals surface area contributed by atoms with Crippen LogP contribution in [0.5, 0.6) is 0 Å². The summed E-state index contributed by atoms with van der Waals surface area (Å²) in [6, 6.07) is 6.74. The van der Waals surface area contributed by atoms with Gasteiger partial charge in [-0.15, -0.1) is 10.2 Å². The lowest BCUT2D eigenvalue weighted by Gasteiger charge is -2.36. The molecule has 2 fully saturated rings. The van der Waals surface area contributed by atoms with Crippen molar-refractivity contribution >= 4 is 5.78 Å². The highest BCUT2D eigenvalue weighted by molar-refractivity contribution is 5.82. The monoisotopic (exact) mass is 465 g/mol. The lowest BCUT2D eigenvalue weighted by atomic mass is 9.71. The first kappa shape index (κ1) is 25.1. The van der Waals surface area contributed by atoms with Gasteiger partial charge in [-0.25, -0.2) is 0 Å². The zero-order chi connectivity index (χ0) is 24.6. The van der Waals surface area contributed by atoms with E-state index in [-0.39, 0.29) is 11.7 Å². The van der Waals surface area contributed by atoms with Crippen molar-refractivity contribution in [1.82, 2.24) is 14.8 Å². The Kier molecular flexibility index (Phi) is 7.33. The second kappa shape index (κ2) is 9.93. The van der Waals surface area contributed by atoms with Crippen molar-refractivity contribution in [3.8, 4) is 0 Å². The molecule has 2 aromatic rings. The number of hydrogen-bond acceptors (Lipinski definition) is 4. The first-order valence-electron chi connectivity index (χ1n) is 13.2. The molecule has 1 N–H and O–H groups in total. The minimum Gasteiger partial charge on any atom is -0.390 e. The Morgan fingerprint density at radius 2 is 1.88 bits per heavy atom. The maximum Gasteiger partial charge on any atom is 0.138 e. The third-order valence-electron chi connectivity index (χ3n) is 7.54. The predicted octanol–water partition coefficient (Wildman–Crippen LogP) is 6.22. The predicted molar refractivity (Wildman–Crippen MR) is 136 cm³/mol. The number of hydrogen-bond donors (Lipinski definition) is 1. The number of Topliss-reactive ketones (excluding diaryl/α,β-unsaturated/α-hetero) is 1. The number of aromatic nitrogens is 3. The van der Waals surface area contributed by atoms with Crippen molar-refractivity contribution in [2.75, 3.05) is 0 Å². The van der Waals surface area contributed by atoms with E-state index < -0.39 is 5.60 Å². The third kappa shape index (κ3) is 6.16. The molecule has 1 aromatic carbocycles. The molecule has 1 aromatic heterocycles. The lowest BCUT2D eigenvalue weighted by Crippen LogP contribution is -2.28. The SMILES string of the molecule is Cc1ccc(CC(=O)C[C@H](CC(C)(C)O)c2nnc(C3CC(CC(C)C)C3)n2C2CC2)c(C)c1. The molecule has 0 aliphatic heterocycles. The number of ketones is 1. The summed E-state index contributed by atoms with van der Waals surface area (Å²) < 4.78 is 2.37. The van der Waals surface area contributed by atoms with Crippen LogP contribution in [0.1, 0.15) is 119 Å². The minimum atomic E-state index is -0.871. The van der Waals surface area contributed by atoms with E-state index in [4.69, 9.17) is 5.10 Å². The summed E-state index contributed by atoms with van der Waals surface area (Å²) in [6.07, 6.45) is 7.33. The van der Waals surface area contributed by atoms with Crippen LogP contribution in [0.3, 0.4) is 0 Å². The van der Waals surface area contributed by atoms with Gasteiger partial charge in [0.15, 0.2) is 0 Å². The summed E-state index contributed by atoms with van der Waals surface area (Å²) >= 11 is 0. The minimum absolute atomic E-state index is 0.119. The van der Waals surface area contributed by atoms with Gasteiger partial charge in [-0.1, -0.05) is 37.6 Å². The Morgan fingerprint density at radius 3 is 2.47 bits per heavy atom. The fourth-order valence-corrected chi connectivity index (χ4v) is 5.85. The van der Waals surface area contributed by atoms with Gasteiger partial charge in [-0.05, 0) is 89.2 Å². The van der Waals surface area contributed by atoms with Crippen LogP contribution in [0.15, 0.2) is 18.2 Å². The van der Waals surface area contributed by atoms with Gasteiger partial charge in [-0.3, -0.25) is 4.79 Å². The van der Waals surface area contributed by atoms with Crippen LogP contribution in [0.4, 0.5) is 0 Å². The highest BCUT2D eigenvalue weighted by Crippen LogP contribution is 2.48. The van der Waals surface area contributed by atoms with Crippen LogP contribution in [-0.2, 0) is 11.2 Å². The quantitative estimate of drug-likeness (QED) is 0.428. The molecule has 1 atom stereocenters. The molecule has 186 valence electrons. The lowest BCUT2D eigenvalue weighted by molar-refractivity contribution is -0.119. The Balaban J connectivity index is 1.54. The molecule has 5 heteroatoms. The largest absolute Gasteiger partial charge is 0.390 e. The number of aryl methyl sites for hydroxylation is 2. The van der Waals surface area contributed by atoms with Crippen molar-refractivity contribution in [2.24, 2.45) is 11.8 Å². The second-order valence-electron chi connectivity index (χ2n) is 12.2. The number of benzene rings is 1. The van der Waals surface area contributed by atoms with Crippen LogP contribution in [0.25, 0.3) is 0 Å². The zero-order valence-electron chi connectivity index (χ0n) is 22.0. The van der Waals surface area contributed by atoms with Crippen molar-refractivity contribution in [3.63, 3.8) is 0 Å². The maximum absolute atomic E-state index is 13.2. The average molecular weight is 466 g/mol. The molecule has 4 rings (SSSR count). The van der Waals surface area contributed by atoms with Crippen molar-refractivity contribution in [1.29, 1.82) is 0 Å². The molecular formula is C29H43N3O2. The number of aliphatic hydroxyl groups is 1. The summed E-state index contributed by atoms with van der Waals surface area (Å²) in [5.74, 6) is 4.15. The molecule has 0 radical (unpaired) electrons. The summed E-state index contributed by atoms with van der Waals surface area (Å²) in [5, 5.41) is 20.1. The molecule has 34 heavy (non-hydrogen) atoms. The number of nitrogens with zero attached hydrogens (tertiary/aromatic N) is 3. The summed E-state index contributed by atoms with van der Waals surface area (Å²) in [5.41, 5.74) is 2.60. The van der Waals surface area contributed by atoms with Crippen molar-refractivity contribution in [3.05, 3.63) is 46.5 Å². The zero-order valence-corrected chi connectivity index (χ0v) is 22.0. The molecule has 2 aliphatic rings. The van der Waals surface area contributed by atoms with Crippen LogP contribution >= 0.6 is 0 Å². The molecule has 0 unspecified atom stereocenters. The van der Waals surface area contributed by atoms with Gasteiger partial charge in [0.2, 0.25) is 0 Å². The molecule has 5 nitrogen and oxygen atoms in total. The van der Waals surface area contributed by atoms with Gasteiger partial charge in [0, 0.05) is 30.7 Å². The van der Waals surface area contributed by atoms with E-state index in [0.29, 0.717) is 31.2 Å². The van der Waals surface area contributed by atoms with Gasteiger partial charge >= 0.3 is 0 Å². The molecule has 1 heterocycles. The fourth-order valence-electron chi connectivity index (χ4n) is 5.85. The Labute approximate surface area is 205 Å². The Morgan fingerprint density at radius 1 is 1.18 bits per heavy atom. The highest BCUT2D eigenvalue weighted by Gasteiger charge is 2.40. The Hall–Kier alpha value is -2.01. The van der Waals surface area contributed by atoms with Gasteiger partial charge in [0.05, 0.1) is 5.60 Å². The van der Waals surface area contributed by atoms with E-state index in [1.54, 1.807) is 0 Å². The van der Waals surface area contributed by atoms with E-state index in [9.17, 15) is 9.90 Å². The van der Waals surface area contributed by atoms with Crippen LogP contribution in [0.2, 0.25) is 0 Å². The van der Waals surface area contributed by atoms with Crippen LogP contribution < -0.4 is 0 Å². The van der Waals surface area contributed by atoms with Gasteiger partial charge < -0.3 is 9.67 Å². The smallest absolute Gasteiger partial charge is 0.138 e. The summed E-state index contributed by atoms with van der Waals surface area (Å²) in [7, 11) is 0.